The summed E-state index contributed by atoms with van der Waals surface area (Å²) in [7, 11) is 0. The lowest BCUT2D eigenvalue weighted by molar-refractivity contribution is -0.275. The van der Waals surface area contributed by atoms with Crippen LogP contribution in [0.25, 0.3) is 0 Å². The van der Waals surface area contributed by atoms with Crippen molar-refractivity contribution in [1.29, 1.82) is 0 Å². The molecule has 0 saturated carbocycles. The van der Waals surface area contributed by atoms with E-state index < -0.39 is 29.9 Å². The monoisotopic (exact) mass is 401 g/mol. The maximum atomic E-state index is 14.0. The molecule has 150 valence electrons. The fourth-order valence-corrected chi connectivity index (χ4v) is 3.21. The van der Waals surface area contributed by atoms with Crippen LogP contribution in [0, 0.1) is 6.92 Å². The summed E-state index contributed by atoms with van der Waals surface area (Å²) in [6, 6.07) is 8.46. The van der Waals surface area contributed by atoms with Gasteiger partial charge in [-0.3, -0.25) is 0 Å². The van der Waals surface area contributed by atoms with Crippen molar-refractivity contribution in [2.24, 2.45) is 5.16 Å². The lowest BCUT2D eigenvalue weighted by atomic mass is 9.84. The number of hydrogen-bond donors (Lipinski definition) is 0. The molecular formula is C20H17F6NO. The van der Waals surface area contributed by atoms with Crippen LogP contribution in [-0.2, 0) is 23.0 Å². The largest absolute Gasteiger partial charge is 0.435 e. The Balaban J connectivity index is 1.98. The van der Waals surface area contributed by atoms with Crippen LogP contribution < -0.4 is 0 Å². The molecule has 1 heterocycles. The van der Waals surface area contributed by atoms with Gasteiger partial charge < -0.3 is 4.84 Å². The van der Waals surface area contributed by atoms with E-state index in [0.717, 1.165) is 29.8 Å². The van der Waals surface area contributed by atoms with E-state index in [4.69, 9.17) is 4.84 Å². The molecule has 0 saturated heterocycles. The van der Waals surface area contributed by atoms with Crippen molar-refractivity contribution in [3.63, 3.8) is 0 Å². The van der Waals surface area contributed by atoms with Gasteiger partial charge in [0.1, 0.15) is 0 Å². The number of aryl methyl sites for hydroxylation is 2. The molecule has 0 aromatic heterocycles. The van der Waals surface area contributed by atoms with Crippen molar-refractivity contribution >= 4 is 5.71 Å². The van der Waals surface area contributed by atoms with Crippen molar-refractivity contribution in [3.8, 4) is 0 Å². The third-order valence-corrected chi connectivity index (χ3v) is 4.74. The molecule has 0 N–H and O–H groups in total. The lowest BCUT2D eigenvalue weighted by Gasteiger charge is -2.30. The van der Waals surface area contributed by atoms with Crippen LogP contribution in [-0.4, -0.2) is 11.9 Å². The highest BCUT2D eigenvalue weighted by Gasteiger charge is 2.62. The number of oxime groups is 1. The Bertz CT molecular complexity index is 898. The van der Waals surface area contributed by atoms with E-state index in [0.29, 0.717) is 12.0 Å². The van der Waals surface area contributed by atoms with Crippen molar-refractivity contribution in [2.45, 2.75) is 44.6 Å². The molecule has 0 radical (unpaired) electrons. The quantitative estimate of drug-likeness (QED) is 0.565. The number of hydrogen-bond acceptors (Lipinski definition) is 2. The maximum Gasteiger partial charge on any atom is 0.435 e. The summed E-state index contributed by atoms with van der Waals surface area (Å²) in [5.41, 5.74) is -2.13. The highest BCUT2D eigenvalue weighted by Crippen LogP contribution is 2.49. The second-order valence-electron chi connectivity index (χ2n) is 6.77. The van der Waals surface area contributed by atoms with Crippen molar-refractivity contribution in [2.75, 3.05) is 0 Å². The van der Waals surface area contributed by atoms with Gasteiger partial charge in [-0.2, -0.15) is 26.3 Å². The Morgan fingerprint density at radius 1 is 1.00 bits per heavy atom. The third kappa shape index (κ3) is 3.59. The minimum absolute atomic E-state index is 0.0504. The fraction of sp³-hybridized carbons (Fsp3) is 0.350. The molecule has 0 amide bonds. The zero-order chi connectivity index (χ0) is 20.7. The van der Waals surface area contributed by atoms with Gasteiger partial charge in [0.2, 0.25) is 0 Å². The summed E-state index contributed by atoms with van der Waals surface area (Å²) in [6.07, 6.45) is -9.35. The van der Waals surface area contributed by atoms with Crippen LogP contribution in [0.3, 0.4) is 0 Å². The normalized spacial score (nSPS) is 20.1. The minimum Gasteiger partial charge on any atom is -0.374 e. The van der Waals surface area contributed by atoms with E-state index in [2.05, 4.69) is 5.16 Å². The van der Waals surface area contributed by atoms with Crippen LogP contribution in [0.1, 0.15) is 41.2 Å². The van der Waals surface area contributed by atoms with Gasteiger partial charge in [-0.05, 0) is 36.6 Å². The molecule has 28 heavy (non-hydrogen) atoms. The summed E-state index contributed by atoms with van der Waals surface area (Å²) in [4.78, 5) is 4.95. The van der Waals surface area contributed by atoms with Crippen LogP contribution in [0.15, 0.2) is 47.6 Å². The molecule has 0 bridgehead atoms. The van der Waals surface area contributed by atoms with Crippen LogP contribution in [0.5, 0.6) is 0 Å². The molecule has 1 atom stereocenters. The molecule has 2 aromatic rings. The van der Waals surface area contributed by atoms with E-state index in [9.17, 15) is 26.3 Å². The first-order valence-electron chi connectivity index (χ1n) is 8.57. The molecule has 0 fully saturated rings. The molecule has 0 aliphatic carbocycles. The zero-order valence-electron chi connectivity index (χ0n) is 15.1. The second-order valence-corrected chi connectivity index (χ2v) is 6.77. The third-order valence-electron chi connectivity index (χ3n) is 4.74. The highest BCUT2D eigenvalue weighted by atomic mass is 19.4. The van der Waals surface area contributed by atoms with Gasteiger partial charge in [0.05, 0.1) is 11.3 Å². The number of rotatable bonds is 3. The van der Waals surface area contributed by atoms with Crippen LogP contribution >= 0.6 is 0 Å². The Labute approximate surface area is 157 Å². The van der Waals surface area contributed by atoms with Gasteiger partial charge >= 0.3 is 12.4 Å². The number of nitrogens with zero attached hydrogens (tertiary/aromatic N) is 1. The smallest absolute Gasteiger partial charge is 0.374 e. The first kappa shape index (κ1) is 20.2. The Kier molecular flexibility index (Phi) is 4.93. The Morgan fingerprint density at radius 3 is 2.18 bits per heavy atom. The van der Waals surface area contributed by atoms with E-state index in [1.54, 1.807) is 13.0 Å². The summed E-state index contributed by atoms with van der Waals surface area (Å²) in [5, 5.41) is 3.59. The van der Waals surface area contributed by atoms with Gasteiger partial charge in [-0.25, -0.2) is 0 Å². The zero-order valence-corrected chi connectivity index (χ0v) is 15.1. The Morgan fingerprint density at radius 2 is 1.64 bits per heavy atom. The van der Waals surface area contributed by atoms with Gasteiger partial charge in [0.15, 0.2) is 0 Å². The molecule has 2 nitrogen and oxygen atoms in total. The Hall–Kier alpha value is -2.51. The second kappa shape index (κ2) is 6.83. The molecule has 8 heteroatoms. The van der Waals surface area contributed by atoms with E-state index in [1.165, 1.54) is 12.1 Å². The number of halogens is 6. The van der Waals surface area contributed by atoms with Crippen molar-refractivity contribution in [1.82, 2.24) is 0 Å². The maximum absolute atomic E-state index is 14.0. The molecule has 1 aliphatic rings. The van der Waals surface area contributed by atoms with Crippen molar-refractivity contribution < 1.29 is 31.2 Å². The van der Waals surface area contributed by atoms with Gasteiger partial charge in [-0.15, -0.1) is 0 Å². The SMILES string of the molecule is CCc1cc(C)cc(C2(C(F)(F)F)CC(c3ccc(C(F)(F)F)cc3)=NO2)c1. The average Bonchev–Trinajstić information content (AvgIpc) is 3.07. The number of benzene rings is 2. The fourth-order valence-electron chi connectivity index (χ4n) is 3.21. The first-order chi connectivity index (χ1) is 13.0. The molecule has 1 aliphatic heterocycles. The van der Waals surface area contributed by atoms with Gasteiger partial charge in [0.25, 0.3) is 5.60 Å². The molecular weight excluding hydrogens is 384 g/mol. The van der Waals surface area contributed by atoms with Gasteiger partial charge in [0, 0.05) is 12.0 Å². The van der Waals surface area contributed by atoms with E-state index in [1.807, 2.05) is 6.92 Å². The standard InChI is InChI=1S/C20H17F6NO/c1-3-13-8-12(2)9-16(10-13)18(20(24,25)26)11-17(27-28-18)14-4-6-15(7-5-14)19(21,22)23/h4-10H,3,11H2,1-2H3. The van der Waals surface area contributed by atoms with Crippen LogP contribution in [0.4, 0.5) is 26.3 Å². The lowest BCUT2D eigenvalue weighted by Crippen LogP contribution is -2.42. The highest BCUT2D eigenvalue weighted by molar-refractivity contribution is 6.01. The topological polar surface area (TPSA) is 21.6 Å². The summed E-state index contributed by atoms with van der Waals surface area (Å²) in [5.74, 6) is 0. The number of alkyl halides is 6. The van der Waals surface area contributed by atoms with Crippen molar-refractivity contribution in [3.05, 3.63) is 70.3 Å². The summed E-state index contributed by atoms with van der Waals surface area (Å²) in [6.45, 7) is 3.53. The summed E-state index contributed by atoms with van der Waals surface area (Å²) >= 11 is 0. The molecule has 2 aromatic carbocycles. The van der Waals surface area contributed by atoms with Gasteiger partial charge in [-0.1, -0.05) is 48.0 Å². The predicted molar refractivity (Wildman–Crippen MR) is 92.0 cm³/mol. The van der Waals surface area contributed by atoms with Crippen LogP contribution in [0.2, 0.25) is 0 Å². The first-order valence-corrected chi connectivity index (χ1v) is 8.57. The predicted octanol–water partition coefficient (Wildman–Crippen LogP) is 6.16. The molecule has 1 unspecified atom stereocenters. The minimum atomic E-state index is -4.76. The molecule has 0 spiro atoms. The molecule has 3 rings (SSSR count). The van der Waals surface area contributed by atoms with E-state index >= 15 is 0 Å². The average molecular weight is 401 g/mol. The van der Waals surface area contributed by atoms with E-state index in [-0.39, 0.29) is 16.8 Å². The summed E-state index contributed by atoms with van der Waals surface area (Å²) < 4.78 is 80.2.